The average Bonchev–Trinajstić information content (AvgIpc) is 2.86. The zero-order valence-electron chi connectivity index (χ0n) is 7.87. The molecule has 2 aromatic heterocycles. The van der Waals surface area contributed by atoms with E-state index in [9.17, 15) is 0 Å². The molecule has 0 saturated carbocycles. The number of H-pyrrole nitrogens is 1. The minimum Gasteiger partial charge on any atom is -0.364 e. The van der Waals surface area contributed by atoms with Crippen LogP contribution in [0.5, 0.6) is 0 Å². The number of hydrogen-bond donors (Lipinski definition) is 1. The van der Waals surface area contributed by atoms with Crippen molar-refractivity contribution in [2.24, 2.45) is 0 Å². The molecule has 0 unspecified atom stereocenters. The molecule has 1 N–H and O–H groups in total. The highest BCUT2D eigenvalue weighted by atomic mass is 35.5. The van der Waals surface area contributed by atoms with E-state index in [1.54, 1.807) is 18.2 Å². The molecule has 4 nitrogen and oxygen atoms in total. The van der Waals surface area contributed by atoms with E-state index in [2.05, 4.69) is 15.1 Å². The highest BCUT2D eigenvalue weighted by Crippen LogP contribution is 2.28. The molecule has 0 atom stereocenters. The number of hydrogen-bond acceptors (Lipinski definition) is 3. The summed E-state index contributed by atoms with van der Waals surface area (Å²) in [5, 5.41) is 4.76. The van der Waals surface area contributed by atoms with Crippen molar-refractivity contribution in [3.8, 4) is 11.5 Å². The maximum atomic E-state index is 5.91. The van der Waals surface area contributed by atoms with E-state index < -0.39 is 0 Å². The molecule has 0 aliphatic rings. The van der Waals surface area contributed by atoms with Crippen molar-refractivity contribution in [2.75, 3.05) is 0 Å². The summed E-state index contributed by atoms with van der Waals surface area (Å²) in [4.78, 5) is 7.43. The lowest BCUT2D eigenvalue weighted by molar-refractivity contribution is 0.422. The van der Waals surface area contributed by atoms with Gasteiger partial charge in [0, 0.05) is 6.07 Å². The smallest absolute Gasteiger partial charge is 0.160 e. The van der Waals surface area contributed by atoms with Crippen molar-refractivity contribution in [1.82, 2.24) is 15.1 Å². The van der Waals surface area contributed by atoms with E-state index in [4.69, 9.17) is 27.7 Å². The van der Waals surface area contributed by atoms with Gasteiger partial charge in [0.25, 0.3) is 0 Å². The van der Waals surface area contributed by atoms with Crippen LogP contribution in [-0.2, 0) is 0 Å². The fraction of sp³-hybridized carbons (Fsp3) is 0. The topological polar surface area (TPSA) is 54.7 Å². The summed E-state index contributed by atoms with van der Waals surface area (Å²) in [6.07, 6.45) is 1.49. The van der Waals surface area contributed by atoms with E-state index in [0.29, 0.717) is 21.6 Å². The van der Waals surface area contributed by atoms with Crippen molar-refractivity contribution in [1.29, 1.82) is 0 Å². The summed E-state index contributed by atoms with van der Waals surface area (Å²) in [6.45, 7) is 0. The van der Waals surface area contributed by atoms with E-state index in [1.807, 2.05) is 0 Å². The third-order valence-corrected chi connectivity index (χ3v) is 2.93. The molecule has 0 aliphatic carbocycles. The van der Waals surface area contributed by atoms with Gasteiger partial charge in [-0.2, -0.15) is 0 Å². The molecule has 2 heterocycles. The van der Waals surface area contributed by atoms with Crippen LogP contribution in [0.1, 0.15) is 0 Å². The number of halogens is 2. The van der Waals surface area contributed by atoms with Crippen molar-refractivity contribution in [2.45, 2.75) is 0 Å². The van der Waals surface area contributed by atoms with E-state index in [0.717, 1.165) is 11.0 Å². The number of imidazole rings is 1. The maximum absolute atomic E-state index is 5.91. The largest absolute Gasteiger partial charge is 0.364 e. The van der Waals surface area contributed by atoms with Crippen LogP contribution in [0.25, 0.3) is 22.6 Å². The van der Waals surface area contributed by atoms with Gasteiger partial charge in [-0.15, -0.1) is 0 Å². The zero-order valence-corrected chi connectivity index (χ0v) is 9.38. The second kappa shape index (κ2) is 3.50. The fourth-order valence-corrected chi connectivity index (χ4v) is 1.78. The Hall–Kier alpha value is -1.52. The molecule has 80 valence electrons. The Kier molecular flexibility index (Phi) is 2.12. The third-order valence-electron chi connectivity index (χ3n) is 2.20. The Morgan fingerprint density at radius 2 is 2.00 bits per heavy atom. The van der Waals surface area contributed by atoms with Crippen LogP contribution in [0.3, 0.4) is 0 Å². The Labute approximate surface area is 100 Å². The van der Waals surface area contributed by atoms with Crippen LogP contribution < -0.4 is 0 Å². The number of aromatic amines is 1. The van der Waals surface area contributed by atoms with Gasteiger partial charge in [0.15, 0.2) is 5.82 Å². The Balaban J connectivity index is 2.23. The molecular weight excluding hydrogens is 249 g/mol. The number of fused-ring (bicyclic) bond motifs is 1. The normalized spacial score (nSPS) is 11.1. The summed E-state index contributed by atoms with van der Waals surface area (Å²) in [6, 6.07) is 5.16. The Morgan fingerprint density at radius 3 is 2.75 bits per heavy atom. The van der Waals surface area contributed by atoms with Crippen molar-refractivity contribution in [3.05, 3.63) is 34.5 Å². The van der Waals surface area contributed by atoms with Gasteiger partial charge in [-0.1, -0.05) is 28.4 Å². The lowest BCUT2D eigenvalue weighted by Gasteiger charge is -1.93. The number of nitrogens with one attached hydrogen (secondary N) is 1. The van der Waals surface area contributed by atoms with E-state index in [-0.39, 0.29) is 0 Å². The van der Waals surface area contributed by atoms with Crippen molar-refractivity contribution in [3.63, 3.8) is 0 Å². The van der Waals surface area contributed by atoms with Crippen LogP contribution in [0.15, 0.2) is 29.0 Å². The van der Waals surface area contributed by atoms with Gasteiger partial charge in [-0.25, -0.2) is 4.98 Å². The molecule has 16 heavy (non-hydrogen) atoms. The summed E-state index contributed by atoms with van der Waals surface area (Å²) >= 11 is 11.8. The Bertz CT molecular complexity index is 606. The van der Waals surface area contributed by atoms with Gasteiger partial charge in [0.1, 0.15) is 12.0 Å². The van der Waals surface area contributed by atoms with Gasteiger partial charge in [-0.3, -0.25) is 0 Å². The molecule has 3 aromatic rings. The molecule has 3 rings (SSSR count). The minimum absolute atomic E-state index is 0.479. The first-order valence-corrected chi connectivity index (χ1v) is 5.25. The van der Waals surface area contributed by atoms with Crippen LogP contribution in [-0.4, -0.2) is 15.1 Å². The standard InChI is InChI=1S/C10H5Cl2N3O/c11-5-3-8-9(4-6(5)12)14-10(13-8)7-1-2-16-15-7/h1-4H,(H,13,14). The van der Waals surface area contributed by atoms with Gasteiger partial charge >= 0.3 is 0 Å². The quantitative estimate of drug-likeness (QED) is 0.722. The highest BCUT2D eigenvalue weighted by molar-refractivity contribution is 6.42. The van der Waals surface area contributed by atoms with Gasteiger partial charge < -0.3 is 9.51 Å². The fourth-order valence-electron chi connectivity index (χ4n) is 1.46. The molecular formula is C10H5Cl2N3O. The molecule has 0 spiro atoms. The molecule has 0 fully saturated rings. The first-order valence-electron chi connectivity index (χ1n) is 4.49. The molecule has 0 amide bonds. The molecule has 0 bridgehead atoms. The number of benzene rings is 1. The first kappa shape index (κ1) is 9.69. The van der Waals surface area contributed by atoms with Crippen LogP contribution in [0, 0.1) is 0 Å². The predicted molar refractivity (Wildman–Crippen MR) is 61.6 cm³/mol. The number of aromatic nitrogens is 3. The monoisotopic (exact) mass is 253 g/mol. The molecule has 0 saturated heterocycles. The second-order valence-electron chi connectivity index (χ2n) is 3.25. The lowest BCUT2D eigenvalue weighted by atomic mass is 10.3. The van der Waals surface area contributed by atoms with Crippen LogP contribution in [0.2, 0.25) is 10.0 Å². The first-order chi connectivity index (χ1) is 7.74. The average molecular weight is 254 g/mol. The van der Waals surface area contributed by atoms with Gasteiger partial charge in [0.05, 0.1) is 21.1 Å². The molecule has 1 aromatic carbocycles. The maximum Gasteiger partial charge on any atom is 0.160 e. The minimum atomic E-state index is 0.479. The van der Waals surface area contributed by atoms with Crippen LogP contribution >= 0.6 is 23.2 Å². The van der Waals surface area contributed by atoms with E-state index >= 15 is 0 Å². The highest BCUT2D eigenvalue weighted by Gasteiger charge is 2.09. The van der Waals surface area contributed by atoms with Crippen molar-refractivity contribution >= 4 is 34.2 Å². The zero-order chi connectivity index (χ0) is 11.1. The lowest BCUT2D eigenvalue weighted by Crippen LogP contribution is -1.77. The third kappa shape index (κ3) is 1.47. The van der Waals surface area contributed by atoms with Gasteiger partial charge in [0.2, 0.25) is 0 Å². The summed E-state index contributed by atoms with van der Waals surface area (Å²) in [5.74, 6) is 0.627. The molecule has 0 aliphatic heterocycles. The number of nitrogens with zero attached hydrogens (tertiary/aromatic N) is 2. The predicted octanol–water partition coefficient (Wildman–Crippen LogP) is 3.52. The summed E-state index contributed by atoms with van der Waals surface area (Å²) in [7, 11) is 0. The van der Waals surface area contributed by atoms with Crippen LogP contribution in [0.4, 0.5) is 0 Å². The van der Waals surface area contributed by atoms with Gasteiger partial charge in [-0.05, 0) is 12.1 Å². The summed E-state index contributed by atoms with van der Waals surface area (Å²) in [5.41, 5.74) is 2.20. The summed E-state index contributed by atoms with van der Waals surface area (Å²) < 4.78 is 4.75. The number of rotatable bonds is 1. The molecule has 0 radical (unpaired) electrons. The van der Waals surface area contributed by atoms with Crippen molar-refractivity contribution < 1.29 is 4.52 Å². The SMILES string of the molecule is Clc1cc2nc(-c3ccon3)[nH]c2cc1Cl. The van der Waals surface area contributed by atoms with E-state index in [1.165, 1.54) is 6.26 Å². The molecule has 6 heteroatoms. The second-order valence-corrected chi connectivity index (χ2v) is 4.07. The Morgan fingerprint density at radius 1 is 1.19 bits per heavy atom.